The molecular formula is C18H17N5O5S. The summed E-state index contributed by atoms with van der Waals surface area (Å²) in [7, 11) is 0. The third-order valence-electron chi connectivity index (χ3n) is 4.36. The van der Waals surface area contributed by atoms with E-state index in [1.165, 1.54) is 17.8 Å². The van der Waals surface area contributed by atoms with E-state index in [9.17, 15) is 24.3 Å². The number of carbonyl (C=O) groups excluding carboxylic acids is 3. The standard InChI is InChI=1S/C18H17N5O5S/c19-7-8-20-18(28)22-12(10-4-2-1-3-5-10)14(24)21-13-15(25)23-11(17(26)27)6-9-29-16(13)23/h1-6,12-13,16H,8-9H2,(H,21,24)(H,26,27)(H2,20,22,28)/t12?,13-,16?/m0/s1. The van der Waals surface area contributed by atoms with E-state index in [-0.39, 0.29) is 12.2 Å². The maximum Gasteiger partial charge on any atom is 0.352 e. The molecule has 1 aromatic carbocycles. The number of nitriles is 1. The van der Waals surface area contributed by atoms with Crippen molar-refractivity contribution in [3.05, 3.63) is 47.7 Å². The molecule has 0 bridgehead atoms. The second-order valence-electron chi connectivity index (χ2n) is 6.14. The number of thioether (sulfide) groups is 1. The van der Waals surface area contributed by atoms with Gasteiger partial charge in [-0.2, -0.15) is 5.26 Å². The second kappa shape index (κ2) is 8.66. The summed E-state index contributed by atoms with van der Waals surface area (Å²) in [5.74, 6) is -1.94. The van der Waals surface area contributed by atoms with Crippen molar-refractivity contribution in [1.82, 2.24) is 20.9 Å². The number of nitrogens with one attached hydrogen (secondary N) is 3. The number of aliphatic carboxylic acids is 1. The van der Waals surface area contributed by atoms with E-state index < -0.39 is 41.3 Å². The molecule has 11 heteroatoms. The Labute approximate surface area is 169 Å². The average Bonchev–Trinajstić information content (AvgIpc) is 2.73. The van der Waals surface area contributed by atoms with Crippen molar-refractivity contribution < 1.29 is 24.3 Å². The fourth-order valence-corrected chi connectivity index (χ4v) is 4.22. The predicted octanol–water partition coefficient (Wildman–Crippen LogP) is -0.0811. The first kappa shape index (κ1) is 20.2. The normalized spacial score (nSPS) is 20.9. The number of rotatable bonds is 6. The van der Waals surface area contributed by atoms with Gasteiger partial charge in [0.15, 0.2) is 0 Å². The summed E-state index contributed by atoms with van der Waals surface area (Å²) in [5.41, 5.74) is 0.390. The van der Waals surface area contributed by atoms with Crippen molar-refractivity contribution in [2.75, 3.05) is 12.3 Å². The molecule has 2 aliphatic heterocycles. The summed E-state index contributed by atoms with van der Waals surface area (Å²) in [6.45, 7) is -0.228. The van der Waals surface area contributed by atoms with Crippen LogP contribution in [0.3, 0.4) is 0 Å². The van der Waals surface area contributed by atoms with Crippen molar-refractivity contribution >= 4 is 35.6 Å². The molecule has 1 fully saturated rings. The van der Waals surface area contributed by atoms with Crippen LogP contribution >= 0.6 is 11.8 Å². The highest BCUT2D eigenvalue weighted by Gasteiger charge is 2.53. The lowest BCUT2D eigenvalue weighted by Gasteiger charge is -2.48. The molecule has 1 saturated heterocycles. The lowest BCUT2D eigenvalue weighted by atomic mass is 10.0. The third kappa shape index (κ3) is 4.17. The van der Waals surface area contributed by atoms with Crippen molar-refractivity contribution in [3.8, 4) is 6.07 Å². The summed E-state index contributed by atoms with van der Waals surface area (Å²) in [5, 5.41) is 24.7. The highest BCUT2D eigenvalue weighted by Crippen LogP contribution is 2.37. The Morgan fingerprint density at radius 2 is 2.03 bits per heavy atom. The van der Waals surface area contributed by atoms with Crippen LogP contribution in [0.25, 0.3) is 0 Å². The van der Waals surface area contributed by atoms with E-state index in [2.05, 4.69) is 16.0 Å². The van der Waals surface area contributed by atoms with E-state index in [1.807, 2.05) is 0 Å². The van der Waals surface area contributed by atoms with Crippen molar-refractivity contribution in [2.45, 2.75) is 17.5 Å². The van der Waals surface area contributed by atoms with Gasteiger partial charge >= 0.3 is 12.0 Å². The fraction of sp³-hybridized carbons (Fsp3) is 0.278. The van der Waals surface area contributed by atoms with Crippen LogP contribution in [0.1, 0.15) is 11.6 Å². The van der Waals surface area contributed by atoms with Crippen molar-refractivity contribution in [1.29, 1.82) is 5.26 Å². The van der Waals surface area contributed by atoms with Gasteiger partial charge < -0.3 is 21.1 Å². The Hall–Kier alpha value is -3.52. The smallest absolute Gasteiger partial charge is 0.352 e. The van der Waals surface area contributed by atoms with Gasteiger partial charge in [-0.25, -0.2) is 9.59 Å². The number of β-lactam (4-membered cyclic amide) rings is 1. The van der Waals surface area contributed by atoms with Crippen LogP contribution in [0.2, 0.25) is 0 Å². The predicted molar refractivity (Wildman–Crippen MR) is 102 cm³/mol. The van der Waals surface area contributed by atoms with E-state index >= 15 is 0 Å². The van der Waals surface area contributed by atoms with Gasteiger partial charge in [-0.15, -0.1) is 11.8 Å². The van der Waals surface area contributed by atoms with Gasteiger partial charge in [-0.05, 0) is 11.6 Å². The number of fused-ring (bicyclic) bond motifs is 1. The monoisotopic (exact) mass is 415 g/mol. The Morgan fingerprint density at radius 3 is 2.69 bits per heavy atom. The van der Waals surface area contributed by atoms with Gasteiger partial charge in [-0.1, -0.05) is 30.3 Å². The second-order valence-corrected chi connectivity index (χ2v) is 7.29. The summed E-state index contributed by atoms with van der Waals surface area (Å²) < 4.78 is 0. The van der Waals surface area contributed by atoms with Crippen molar-refractivity contribution in [3.63, 3.8) is 0 Å². The molecular weight excluding hydrogens is 398 g/mol. The Morgan fingerprint density at radius 1 is 1.31 bits per heavy atom. The Balaban J connectivity index is 1.73. The molecule has 2 heterocycles. The largest absolute Gasteiger partial charge is 0.477 e. The Kier molecular flexibility index (Phi) is 6.04. The maximum absolute atomic E-state index is 12.9. The van der Waals surface area contributed by atoms with Gasteiger partial charge in [0.25, 0.3) is 5.91 Å². The topological polar surface area (TPSA) is 152 Å². The van der Waals surface area contributed by atoms with Gasteiger partial charge in [0, 0.05) is 5.75 Å². The molecule has 29 heavy (non-hydrogen) atoms. The molecule has 4 amide bonds. The minimum Gasteiger partial charge on any atom is -0.477 e. The molecule has 0 radical (unpaired) electrons. The number of benzene rings is 1. The zero-order valence-electron chi connectivity index (χ0n) is 15.0. The number of carboxylic acids is 1. The average molecular weight is 415 g/mol. The maximum atomic E-state index is 12.9. The number of hydrogen-bond acceptors (Lipinski definition) is 6. The highest BCUT2D eigenvalue weighted by atomic mass is 32.2. The molecule has 0 aliphatic carbocycles. The molecule has 3 atom stereocenters. The number of hydrogen-bond donors (Lipinski definition) is 4. The number of nitrogens with zero attached hydrogens (tertiary/aromatic N) is 2. The number of carboxylic acid groups (broad SMARTS) is 1. The van der Waals surface area contributed by atoms with Crippen LogP contribution < -0.4 is 16.0 Å². The molecule has 4 N–H and O–H groups in total. The van der Waals surface area contributed by atoms with Crippen LogP contribution in [0.5, 0.6) is 0 Å². The summed E-state index contributed by atoms with van der Waals surface area (Å²) in [6.07, 6.45) is 1.45. The SMILES string of the molecule is N#CCNC(=O)NC(C(=O)N[C@H]1C(=O)N2C(C(=O)O)=CCSC12)c1ccccc1. The lowest BCUT2D eigenvalue weighted by Crippen LogP contribution is -2.70. The van der Waals surface area contributed by atoms with Gasteiger partial charge in [0.05, 0.1) is 6.07 Å². The minimum absolute atomic E-state index is 0.0992. The zero-order chi connectivity index (χ0) is 21.0. The molecule has 1 aromatic rings. The molecule has 3 rings (SSSR count). The van der Waals surface area contributed by atoms with E-state index in [0.717, 1.165) is 4.90 Å². The molecule has 2 aliphatic rings. The molecule has 0 aromatic heterocycles. The van der Waals surface area contributed by atoms with Gasteiger partial charge in [-0.3, -0.25) is 14.5 Å². The minimum atomic E-state index is -1.20. The van der Waals surface area contributed by atoms with E-state index in [0.29, 0.717) is 11.3 Å². The van der Waals surface area contributed by atoms with Crippen LogP contribution in [0.15, 0.2) is 42.1 Å². The molecule has 150 valence electrons. The van der Waals surface area contributed by atoms with Crippen LogP contribution in [0.4, 0.5) is 4.79 Å². The van der Waals surface area contributed by atoms with Gasteiger partial charge in [0.2, 0.25) is 5.91 Å². The first-order valence-corrected chi connectivity index (χ1v) is 9.63. The molecule has 10 nitrogen and oxygen atoms in total. The third-order valence-corrected chi connectivity index (χ3v) is 5.55. The van der Waals surface area contributed by atoms with E-state index in [1.54, 1.807) is 36.4 Å². The Bertz CT molecular complexity index is 913. The first-order valence-electron chi connectivity index (χ1n) is 8.58. The molecule has 2 unspecified atom stereocenters. The number of amides is 4. The quantitative estimate of drug-likeness (QED) is 0.375. The van der Waals surface area contributed by atoms with Gasteiger partial charge in [0.1, 0.15) is 29.7 Å². The summed E-state index contributed by atoms with van der Waals surface area (Å²) in [6, 6.07) is 7.49. The fourth-order valence-electron chi connectivity index (χ4n) is 3.02. The highest BCUT2D eigenvalue weighted by molar-refractivity contribution is 8.00. The molecule has 0 saturated carbocycles. The van der Waals surface area contributed by atoms with Crippen LogP contribution in [-0.2, 0) is 14.4 Å². The number of urea groups is 1. The lowest BCUT2D eigenvalue weighted by molar-refractivity contribution is -0.150. The van der Waals surface area contributed by atoms with E-state index in [4.69, 9.17) is 5.26 Å². The molecule has 0 spiro atoms. The first-order chi connectivity index (χ1) is 13.9. The zero-order valence-corrected chi connectivity index (χ0v) is 15.8. The summed E-state index contributed by atoms with van der Waals surface area (Å²) >= 11 is 1.34. The number of carbonyl (C=O) groups is 4. The van der Waals surface area contributed by atoms with Crippen LogP contribution in [0, 0.1) is 11.3 Å². The summed E-state index contributed by atoms with van der Waals surface area (Å²) in [4.78, 5) is 49.7. The van der Waals surface area contributed by atoms with Crippen molar-refractivity contribution in [2.24, 2.45) is 0 Å². The van der Waals surface area contributed by atoms with Crippen LogP contribution in [-0.4, -0.2) is 57.5 Å².